The van der Waals surface area contributed by atoms with Gasteiger partial charge in [0.2, 0.25) is 0 Å². The highest BCUT2D eigenvalue weighted by Gasteiger charge is 2.20. The predicted octanol–water partition coefficient (Wildman–Crippen LogP) is 3.83. The van der Waals surface area contributed by atoms with Crippen LogP contribution in [0.4, 0.5) is 0 Å². The number of hydrogen-bond acceptors (Lipinski definition) is 6. The molecular weight excluding hydrogens is 326 g/mol. The van der Waals surface area contributed by atoms with E-state index in [1.165, 1.54) is 11.8 Å². The number of carbonyl (C=O) groups excluding carboxylic acids is 1. The van der Waals surface area contributed by atoms with Gasteiger partial charge in [-0.25, -0.2) is 0 Å². The highest BCUT2D eigenvalue weighted by atomic mass is 32.2. The summed E-state index contributed by atoms with van der Waals surface area (Å²) in [6.45, 7) is 4.34. The summed E-state index contributed by atoms with van der Waals surface area (Å²) in [7, 11) is 0. The molecule has 0 unspecified atom stereocenters. The summed E-state index contributed by atoms with van der Waals surface area (Å²) in [4.78, 5) is 15.5. The second-order valence-electron chi connectivity index (χ2n) is 5.04. The van der Waals surface area contributed by atoms with Crippen molar-refractivity contribution in [2.45, 2.75) is 24.3 Å². The molecule has 1 aromatic carbocycles. The third kappa shape index (κ3) is 3.68. The van der Waals surface area contributed by atoms with Gasteiger partial charge in [0, 0.05) is 11.8 Å². The van der Waals surface area contributed by atoms with E-state index >= 15 is 0 Å². The van der Waals surface area contributed by atoms with E-state index in [0.29, 0.717) is 23.3 Å². The molecule has 124 valence electrons. The maximum atomic E-state index is 12.5. The smallest absolute Gasteiger partial charge is 0.277 e. The van der Waals surface area contributed by atoms with Crippen LogP contribution < -0.4 is 4.74 Å². The molecule has 0 aliphatic carbocycles. The van der Waals surface area contributed by atoms with Crippen LogP contribution in [0.2, 0.25) is 0 Å². The van der Waals surface area contributed by atoms with Crippen molar-refractivity contribution in [2.75, 3.05) is 6.61 Å². The van der Waals surface area contributed by atoms with E-state index in [1.807, 2.05) is 26.0 Å². The molecule has 2 heterocycles. The Morgan fingerprint density at radius 3 is 2.75 bits per heavy atom. The van der Waals surface area contributed by atoms with Crippen LogP contribution in [0.15, 0.2) is 52.2 Å². The van der Waals surface area contributed by atoms with Crippen molar-refractivity contribution in [2.24, 2.45) is 0 Å². The van der Waals surface area contributed by atoms with Crippen LogP contribution >= 0.6 is 11.8 Å². The molecule has 1 N–H and O–H groups in total. The lowest BCUT2D eigenvalue weighted by Gasteiger charge is -2.08. The normalized spacial score (nSPS) is 12.1. The Bertz CT molecular complexity index is 797. The van der Waals surface area contributed by atoms with Gasteiger partial charge in [0.25, 0.3) is 11.1 Å². The Labute approximate surface area is 143 Å². The fourth-order valence-corrected chi connectivity index (χ4v) is 2.91. The first-order chi connectivity index (χ1) is 11.7. The number of ketones is 1. The second-order valence-corrected chi connectivity index (χ2v) is 6.33. The number of aromatic amines is 1. The molecule has 0 radical (unpaired) electrons. The zero-order valence-electron chi connectivity index (χ0n) is 13.4. The molecule has 0 aliphatic heterocycles. The average molecular weight is 343 g/mol. The van der Waals surface area contributed by atoms with Gasteiger partial charge >= 0.3 is 0 Å². The number of nitrogens with one attached hydrogen (secondary N) is 1. The first kappa shape index (κ1) is 16.3. The van der Waals surface area contributed by atoms with Crippen LogP contribution in [0.5, 0.6) is 5.75 Å². The van der Waals surface area contributed by atoms with Crippen molar-refractivity contribution in [1.82, 2.24) is 15.2 Å². The van der Waals surface area contributed by atoms with Gasteiger partial charge < -0.3 is 14.1 Å². The van der Waals surface area contributed by atoms with Gasteiger partial charge in [0.1, 0.15) is 11.4 Å². The molecule has 0 spiro atoms. The fraction of sp³-hybridized carbons (Fsp3) is 0.235. The minimum atomic E-state index is -0.333. The fourth-order valence-electron chi connectivity index (χ4n) is 2.15. The van der Waals surface area contributed by atoms with Gasteiger partial charge in [-0.05, 0) is 50.2 Å². The van der Waals surface area contributed by atoms with Crippen molar-refractivity contribution < 1.29 is 13.9 Å². The summed E-state index contributed by atoms with van der Waals surface area (Å²) in [5.41, 5.74) is 1.38. The predicted molar refractivity (Wildman–Crippen MR) is 91.3 cm³/mol. The molecule has 0 bridgehead atoms. The number of thioether (sulfide) groups is 1. The van der Waals surface area contributed by atoms with E-state index in [0.717, 1.165) is 11.4 Å². The Hall–Kier alpha value is -2.54. The van der Waals surface area contributed by atoms with Crippen molar-refractivity contribution in [3.63, 3.8) is 0 Å². The molecule has 24 heavy (non-hydrogen) atoms. The third-order valence-electron chi connectivity index (χ3n) is 3.33. The number of nitrogens with zero attached hydrogens (tertiary/aromatic N) is 2. The molecule has 7 heteroatoms. The molecule has 2 aromatic heterocycles. The number of hydrogen-bond donors (Lipinski definition) is 1. The molecule has 0 saturated carbocycles. The molecule has 1 atom stereocenters. The molecule has 0 saturated heterocycles. The van der Waals surface area contributed by atoms with Gasteiger partial charge in [0.05, 0.1) is 11.9 Å². The number of Topliss-reactive ketones (excluding diaryl/α,β-unsaturated/α-hetero) is 1. The molecular formula is C17H17N3O3S. The van der Waals surface area contributed by atoms with Gasteiger partial charge in [-0.2, -0.15) is 0 Å². The number of rotatable bonds is 7. The molecule has 6 nitrogen and oxygen atoms in total. The lowest BCUT2D eigenvalue weighted by Crippen LogP contribution is -2.13. The lowest BCUT2D eigenvalue weighted by molar-refractivity contribution is 0.0993. The summed E-state index contributed by atoms with van der Waals surface area (Å²) < 4.78 is 11.0. The average Bonchev–Trinajstić information content (AvgIpc) is 3.26. The van der Waals surface area contributed by atoms with Crippen LogP contribution in [0, 0.1) is 0 Å². The van der Waals surface area contributed by atoms with Crippen molar-refractivity contribution in [3.05, 3.63) is 48.2 Å². The van der Waals surface area contributed by atoms with E-state index in [9.17, 15) is 4.79 Å². The summed E-state index contributed by atoms with van der Waals surface area (Å²) >= 11 is 1.24. The standard InChI is InChI=1S/C17H17N3O3S/c1-3-22-13-8-6-12(7-9-13)15(21)11(2)24-17-20-19-16(23-17)14-5-4-10-18-14/h4-11,18H,3H2,1-2H3/t11-/m1/s1. The molecule has 3 aromatic rings. The van der Waals surface area contributed by atoms with Crippen LogP contribution in [0.1, 0.15) is 24.2 Å². The van der Waals surface area contributed by atoms with E-state index in [-0.39, 0.29) is 11.0 Å². The van der Waals surface area contributed by atoms with Gasteiger partial charge in [-0.1, -0.05) is 11.8 Å². The van der Waals surface area contributed by atoms with E-state index in [2.05, 4.69) is 15.2 Å². The first-order valence-corrected chi connectivity index (χ1v) is 8.46. The largest absolute Gasteiger partial charge is 0.494 e. The third-order valence-corrected chi connectivity index (χ3v) is 4.27. The van der Waals surface area contributed by atoms with Crippen molar-refractivity contribution in [1.29, 1.82) is 0 Å². The zero-order valence-corrected chi connectivity index (χ0v) is 14.2. The maximum absolute atomic E-state index is 12.5. The molecule has 0 aliphatic rings. The highest BCUT2D eigenvalue weighted by Crippen LogP contribution is 2.27. The monoisotopic (exact) mass is 343 g/mol. The Kier molecular flexibility index (Phi) is 5.00. The van der Waals surface area contributed by atoms with Gasteiger partial charge in [-0.15, -0.1) is 10.2 Å². The van der Waals surface area contributed by atoms with Gasteiger partial charge in [0.15, 0.2) is 5.78 Å². The lowest BCUT2D eigenvalue weighted by atomic mass is 10.1. The number of H-pyrrole nitrogens is 1. The van der Waals surface area contributed by atoms with E-state index in [4.69, 9.17) is 9.15 Å². The SMILES string of the molecule is CCOc1ccc(C(=O)[C@@H](C)Sc2nnc(-c3ccc[nH]3)o2)cc1. The maximum Gasteiger partial charge on any atom is 0.277 e. The Morgan fingerprint density at radius 1 is 1.29 bits per heavy atom. The van der Waals surface area contributed by atoms with Crippen molar-refractivity contribution in [3.8, 4) is 17.3 Å². The topological polar surface area (TPSA) is 81.0 Å². The quantitative estimate of drug-likeness (QED) is 0.519. The van der Waals surface area contributed by atoms with E-state index in [1.54, 1.807) is 30.5 Å². The highest BCUT2D eigenvalue weighted by molar-refractivity contribution is 8.00. The van der Waals surface area contributed by atoms with Crippen LogP contribution in [0.3, 0.4) is 0 Å². The minimum Gasteiger partial charge on any atom is -0.494 e. The van der Waals surface area contributed by atoms with Gasteiger partial charge in [-0.3, -0.25) is 4.79 Å². The molecule has 0 amide bonds. The summed E-state index contributed by atoms with van der Waals surface area (Å²) in [5.74, 6) is 1.16. The van der Waals surface area contributed by atoms with E-state index < -0.39 is 0 Å². The van der Waals surface area contributed by atoms with Crippen LogP contribution in [-0.4, -0.2) is 32.8 Å². The number of aromatic nitrogens is 3. The van der Waals surface area contributed by atoms with Crippen LogP contribution in [0.25, 0.3) is 11.6 Å². The zero-order chi connectivity index (χ0) is 16.9. The minimum absolute atomic E-state index is 0.00247. The Balaban J connectivity index is 1.65. The Morgan fingerprint density at radius 2 is 2.08 bits per heavy atom. The molecule has 3 rings (SSSR count). The number of benzene rings is 1. The number of carbonyl (C=O) groups is 1. The molecule has 0 fully saturated rings. The summed E-state index contributed by atoms with van der Waals surface area (Å²) in [5, 5.41) is 7.99. The van der Waals surface area contributed by atoms with Crippen LogP contribution in [-0.2, 0) is 0 Å². The summed E-state index contributed by atoms with van der Waals surface area (Å²) in [6.07, 6.45) is 1.78. The van der Waals surface area contributed by atoms with Crippen molar-refractivity contribution >= 4 is 17.5 Å². The second kappa shape index (κ2) is 7.35. The first-order valence-electron chi connectivity index (χ1n) is 7.58. The summed E-state index contributed by atoms with van der Waals surface area (Å²) in [6, 6.07) is 10.8. The number of ether oxygens (including phenoxy) is 1.